The van der Waals surface area contributed by atoms with Gasteiger partial charge in [-0.1, -0.05) is 41.0 Å². The van der Waals surface area contributed by atoms with E-state index in [0.717, 1.165) is 53.6 Å². The van der Waals surface area contributed by atoms with Crippen molar-refractivity contribution in [3.63, 3.8) is 0 Å². The van der Waals surface area contributed by atoms with E-state index in [-0.39, 0.29) is 11.9 Å². The molecule has 0 unspecified atom stereocenters. The van der Waals surface area contributed by atoms with E-state index in [2.05, 4.69) is 20.2 Å². The molecule has 4 rings (SSSR count). The van der Waals surface area contributed by atoms with Crippen LogP contribution in [0.4, 0.5) is 0 Å². The molecular formula is C22H22Cl2N4OS2. The van der Waals surface area contributed by atoms with Gasteiger partial charge in [0.05, 0.1) is 21.5 Å². The summed E-state index contributed by atoms with van der Waals surface area (Å²) >= 11 is 15.2. The molecule has 1 fully saturated rings. The minimum Gasteiger partial charge on any atom is -0.353 e. The predicted molar refractivity (Wildman–Crippen MR) is 129 cm³/mol. The molecule has 162 valence electrons. The summed E-state index contributed by atoms with van der Waals surface area (Å²) in [4.78, 5) is 23.4. The van der Waals surface area contributed by atoms with Gasteiger partial charge in [-0.05, 0) is 42.7 Å². The summed E-state index contributed by atoms with van der Waals surface area (Å²) in [6.07, 6.45) is 5.40. The predicted octanol–water partition coefficient (Wildman–Crippen LogP) is 5.38. The van der Waals surface area contributed by atoms with E-state index < -0.39 is 0 Å². The topological polar surface area (TPSA) is 58.1 Å². The summed E-state index contributed by atoms with van der Waals surface area (Å²) in [6, 6.07) is 9.87. The molecule has 1 N–H and O–H groups in total. The van der Waals surface area contributed by atoms with Crippen LogP contribution < -0.4 is 5.32 Å². The molecule has 0 saturated carbocycles. The van der Waals surface area contributed by atoms with Crippen molar-refractivity contribution in [2.45, 2.75) is 29.8 Å². The minimum atomic E-state index is 0.0635. The summed E-state index contributed by atoms with van der Waals surface area (Å²) < 4.78 is 0.901. The van der Waals surface area contributed by atoms with Crippen molar-refractivity contribution in [2.75, 3.05) is 18.8 Å². The SMILES string of the molecule is O=C(CSc1nc(-c2ccncc2)cs1)NC1CCN(Cc2ccc(Cl)c(Cl)c2)CC1. The Morgan fingerprint density at radius 2 is 1.94 bits per heavy atom. The van der Waals surface area contributed by atoms with Gasteiger partial charge in [-0.3, -0.25) is 14.7 Å². The van der Waals surface area contributed by atoms with Crippen LogP contribution in [0.1, 0.15) is 18.4 Å². The Balaban J connectivity index is 1.19. The number of rotatable bonds is 7. The van der Waals surface area contributed by atoms with Gasteiger partial charge in [0.2, 0.25) is 5.91 Å². The number of nitrogens with zero attached hydrogens (tertiary/aromatic N) is 3. The molecule has 0 bridgehead atoms. The summed E-state index contributed by atoms with van der Waals surface area (Å²) in [6.45, 7) is 2.73. The maximum atomic E-state index is 12.4. The van der Waals surface area contributed by atoms with Gasteiger partial charge in [-0.15, -0.1) is 11.3 Å². The Labute approximate surface area is 200 Å². The Morgan fingerprint density at radius 3 is 2.68 bits per heavy atom. The van der Waals surface area contributed by atoms with Crippen molar-refractivity contribution in [1.29, 1.82) is 0 Å². The van der Waals surface area contributed by atoms with Crippen molar-refractivity contribution < 1.29 is 4.79 Å². The average molecular weight is 493 g/mol. The molecule has 1 amide bonds. The molecule has 2 aromatic heterocycles. The second-order valence-electron chi connectivity index (χ2n) is 7.39. The maximum absolute atomic E-state index is 12.4. The molecule has 1 aliphatic rings. The van der Waals surface area contributed by atoms with Crippen LogP contribution in [0.5, 0.6) is 0 Å². The zero-order valence-electron chi connectivity index (χ0n) is 16.8. The zero-order valence-corrected chi connectivity index (χ0v) is 19.9. The van der Waals surface area contributed by atoms with Gasteiger partial charge in [0.25, 0.3) is 0 Å². The lowest BCUT2D eigenvalue weighted by molar-refractivity contribution is -0.119. The Morgan fingerprint density at radius 1 is 1.16 bits per heavy atom. The number of pyridine rings is 1. The second kappa shape index (κ2) is 10.8. The Kier molecular flexibility index (Phi) is 7.85. The Bertz CT molecular complexity index is 1020. The molecule has 3 heterocycles. The third kappa shape index (κ3) is 6.43. The van der Waals surface area contributed by atoms with Crippen LogP contribution >= 0.6 is 46.3 Å². The van der Waals surface area contributed by atoms with Crippen molar-refractivity contribution >= 4 is 52.2 Å². The van der Waals surface area contributed by atoms with Crippen molar-refractivity contribution in [3.8, 4) is 11.3 Å². The van der Waals surface area contributed by atoms with Gasteiger partial charge < -0.3 is 5.32 Å². The van der Waals surface area contributed by atoms with Crippen LogP contribution in [-0.4, -0.2) is 45.7 Å². The molecule has 1 saturated heterocycles. The summed E-state index contributed by atoms with van der Waals surface area (Å²) in [5.74, 6) is 0.445. The first-order chi connectivity index (χ1) is 15.1. The number of halogens is 2. The van der Waals surface area contributed by atoms with E-state index in [9.17, 15) is 4.79 Å². The highest BCUT2D eigenvalue weighted by Gasteiger charge is 2.21. The number of thioether (sulfide) groups is 1. The number of aromatic nitrogens is 2. The number of benzene rings is 1. The number of likely N-dealkylation sites (tertiary alicyclic amines) is 1. The van der Waals surface area contributed by atoms with Gasteiger partial charge in [0.15, 0.2) is 4.34 Å². The van der Waals surface area contributed by atoms with Crippen LogP contribution in [0.3, 0.4) is 0 Å². The lowest BCUT2D eigenvalue weighted by Gasteiger charge is -2.32. The van der Waals surface area contributed by atoms with Gasteiger partial charge in [-0.2, -0.15) is 0 Å². The molecule has 0 atom stereocenters. The smallest absolute Gasteiger partial charge is 0.230 e. The standard InChI is InChI=1S/C22H22Cl2N4OS2/c23-18-2-1-15(11-19(18)24)12-28-9-5-17(6-10-28)26-21(29)14-31-22-27-20(13-30-22)16-3-7-25-8-4-16/h1-4,7-8,11,13,17H,5-6,9-10,12,14H2,(H,26,29). The molecular weight excluding hydrogens is 471 g/mol. The maximum Gasteiger partial charge on any atom is 0.230 e. The molecule has 3 aromatic rings. The number of hydrogen-bond donors (Lipinski definition) is 1. The van der Waals surface area contributed by atoms with Gasteiger partial charge in [0.1, 0.15) is 0 Å². The lowest BCUT2D eigenvalue weighted by Crippen LogP contribution is -2.44. The molecule has 1 aliphatic heterocycles. The number of carbonyl (C=O) groups excluding carboxylic acids is 1. The fourth-order valence-electron chi connectivity index (χ4n) is 3.51. The van der Waals surface area contributed by atoms with Gasteiger partial charge >= 0.3 is 0 Å². The summed E-state index contributed by atoms with van der Waals surface area (Å²) in [5.41, 5.74) is 3.11. The highest BCUT2D eigenvalue weighted by molar-refractivity contribution is 8.01. The van der Waals surface area contributed by atoms with E-state index in [1.54, 1.807) is 23.7 Å². The minimum absolute atomic E-state index is 0.0635. The normalized spacial score (nSPS) is 15.2. The quantitative estimate of drug-likeness (QED) is 0.448. The first-order valence-corrected chi connectivity index (χ1v) is 12.6. The first-order valence-electron chi connectivity index (χ1n) is 10.0. The molecule has 1 aromatic carbocycles. The van der Waals surface area contributed by atoms with E-state index in [0.29, 0.717) is 15.8 Å². The highest BCUT2D eigenvalue weighted by atomic mass is 35.5. The van der Waals surface area contributed by atoms with Crippen LogP contribution in [0.2, 0.25) is 10.0 Å². The van der Waals surface area contributed by atoms with Crippen molar-refractivity contribution in [1.82, 2.24) is 20.2 Å². The largest absolute Gasteiger partial charge is 0.353 e. The molecule has 9 heteroatoms. The van der Waals surface area contributed by atoms with Crippen LogP contribution in [0, 0.1) is 0 Å². The molecule has 31 heavy (non-hydrogen) atoms. The Hall–Kier alpha value is -1.64. The van der Waals surface area contributed by atoms with E-state index >= 15 is 0 Å². The number of carbonyl (C=O) groups is 1. The van der Waals surface area contributed by atoms with Crippen LogP contribution in [-0.2, 0) is 11.3 Å². The highest BCUT2D eigenvalue weighted by Crippen LogP contribution is 2.28. The fraction of sp³-hybridized carbons (Fsp3) is 0.318. The molecule has 0 spiro atoms. The third-order valence-electron chi connectivity index (χ3n) is 5.13. The van der Waals surface area contributed by atoms with Crippen LogP contribution in [0.15, 0.2) is 52.4 Å². The fourth-order valence-corrected chi connectivity index (χ4v) is 5.47. The van der Waals surface area contributed by atoms with Crippen LogP contribution in [0.25, 0.3) is 11.3 Å². The second-order valence-corrected chi connectivity index (χ2v) is 10.3. The third-order valence-corrected chi connectivity index (χ3v) is 7.89. The first kappa shape index (κ1) is 22.6. The zero-order chi connectivity index (χ0) is 21.6. The van der Waals surface area contributed by atoms with Gasteiger partial charge in [0, 0.05) is 49.0 Å². The van der Waals surface area contributed by atoms with E-state index in [1.807, 2.05) is 35.7 Å². The number of amides is 1. The average Bonchev–Trinajstić information content (AvgIpc) is 3.26. The van der Waals surface area contributed by atoms with Gasteiger partial charge in [-0.25, -0.2) is 4.98 Å². The summed E-state index contributed by atoms with van der Waals surface area (Å²) in [7, 11) is 0. The molecule has 0 aliphatic carbocycles. The molecule has 5 nitrogen and oxygen atoms in total. The monoisotopic (exact) mass is 492 g/mol. The lowest BCUT2D eigenvalue weighted by atomic mass is 10.0. The van der Waals surface area contributed by atoms with Crippen molar-refractivity contribution in [3.05, 3.63) is 63.7 Å². The number of thiazole rings is 1. The number of nitrogens with one attached hydrogen (secondary N) is 1. The van der Waals surface area contributed by atoms with E-state index in [4.69, 9.17) is 23.2 Å². The number of piperidine rings is 1. The molecule has 0 radical (unpaired) electrons. The number of hydrogen-bond acceptors (Lipinski definition) is 6. The summed E-state index contributed by atoms with van der Waals surface area (Å²) in [5, 5.41) is 6.35. The van der Waals surface area contributed by atoms with E-state index in [1.165, 1.54) is 11.8 Å². The van der Waals surface area contributed by atoms with Crippen molar-refractivity contribution in [2.24, 2.45) is 0 Å².